The van der Waals surface area contributed by atoms with Crippen molar-refractivity contribution in [3.63, 3.8) is 0 Å². The molecule has 0 atom stereocenters. The molecule has 1 aromatic heterocycles. The van der Waals surface area contributed by atoms with Crippen molar-refractivity contribution in [3.8, 4) is 0 Å². The van der Waals surface area contributed by atoms with E-state index in [1.807, 2.05) is 20.8 Å². The molecule has 0 spiro atoms. The van der Waals surface area contributed by atoms with E-state index in [0.717, 1.165) is 5.56 Å². The summed E-state index contributed by atoms with van der Waals surface area (Å²) in [5.41, 5.74) is 0.762. The Hall–Kier alpha value is -0.940. The predicted octanol–water partition coefficient (Wildman–Crippen LogP) is 1.54. The Morgan fingerprint density at radius 1 is 1.29 bits per heavy atom. The number of rotatable bonds is 4. The normalized spacial score (nSPS) is 12.7. The number of hydrogen-bond donors (Lipinski definition) is 1. The molecule has 0 saturated carbocycles. The van der Waals surface area contributed by atoms with Gasteiger partial charge in [0.2, 0.25) is 0 Å². The van der Waals surface area contributed by atoms with Crippen LogP contribution in [0.1, 0.15) is 32.8 Å². The summed E-state index contributed by atoms with van der Waals surface area (Å²) < 4.78 is 23.8. The predicted molar refractivity (Wildman–Crippen MR) is 66.7 cm³/mol. The maximum Gasteiger partial charge on any atom is 0.179 e. The van der Waals surface area contributed by atoms with Crippen LogP contribution in [0, 0.1) is 0 Å². The van der Waals surface area contributed by atoms with Gasteiger partial charge in [-0.05, 0) is 23.5 Å². The molecule has 0 aromatic carbocycles. The number of aromatic nitrogens is 1. The van der Waals surface area contributed by atoms with Crippen molar-refractivity contribution in [1.29, 1.82) is 0 Å². The first-order valence-electron chi connectivity index (χ1n) is 5.56. The Morgan fingerprint density at radius 3 is 2.47 bits per heavy atom. The second-order valence-electron chi connectivity index (χ2n) is 5.06. The average molecular weight is 257 g/mol. The molecule has 0 bridgehead atoms. The molecule has 1 rings (SSSR count). The van der Waals surface area contributed by atoms with Crippen LogP contribution in [-0.4, -0.2) is 30.9 Å². The van der Waals surface area contributed by atoms with E-state index in [0.29, 0.717) is 0 Å². The minimum atomic E-state index is -3.33. The first-order chi connectivity index (χ1) is 7.77. The first-order valence-corrected chi connectivity index (χ1v) is 7.22. The molecular weight excluding hydrogens is 238 g/mol. The lowest BCUT2D eigenvalue weighted by Gasteiger charge is -2.19. The first kappa shape index (κ1) is 14.1. The number of aliphatic hydroxyl groups is 1. The number of hydrogen-bond acceptors (Lipinski definition) is 4. The summed E-state index contributed by atoms with van der Waals surface area (Å²) in [5, 5.41) is 8.68. The minimum absolute atomic E-state index is 0.0429. The Morgan fingerprint density at radius 2 is 1.94 bits per heavy atom. The number of aliphatic hydroxyl groups excluding tert-OH is 1. The molecule has 0 radical (unpaired) electrons. The van der Waals surface area contributed by atoms with Crippen molar-refractivity contribution in [3.05, 3.63) is 24.0 Å². The molecule has 0 aliphatic rings. The van der Waals surface area contributed by atoms with Crippen LogP contribution in [0.25, 0.3) is 0 Å². The van der Waals surface area contributed by atoms with Gasteiger partial charge in [-0.15, -0.1) is 0 Å². The zero-order chi connectivity index (χ0) is 13.1. The Kier molecular flexibility index (Phi) is 4.27. The van der Waals surface area contributed by atoms with Crippen LogP contribution in [0.15, 0.2) is 23.4 Å². The fraction of sp³-hybridized carbons (Fsp3) is 0.583. The van der Waals surface area contributed by atoms with Crippen LogP contribution in [0.5, 0.6) is 0 Å². The molecule has 1 aromatic rings. The second-order valence-corrected chi connectivity index (χ2v) is 7.16. The average Bonchev–Trinajstić information content (AvgIpc) is 2.25. The molecule has 0 fully saturated rings. The highest BCUT2D eigenvalue weighted by Crippen LogP contribution is 2.23. The van der Waals surface area contributed by atoms with Crippen molar-refractivity contribution in [2.75, 3.05) is 12.4 Å². The van der Waals surface area contributed by atoms with Crippen LogP contribution in [0.2, 0.25) is 0 Å². The minimum Gasteiger partial charge on any atom is -0.396 e. The third-order valence-electron chi connectivity index (χ3n) is 2.51. The van der Waals surface area contributed by atoms with E-state index in [-0.39, 0.29) is 29.1 Å². The molecule has 0 aliphatic heterocycles. The third kappa shape index (κ3) is 3.78. The van der Waals surface area contributed by atoms with Crippen molar-refractivity contribution >= 4 is 9.84 Å². The SMILES string of the molecule is CC(C)(C)c1cncc(S(=O)(=O)CCCO)c1. The highest BCUT2D eigenvalue weighted by Gasteiger charge is 2.19. The van der Waals surface area contributed by atoms with E-state index in [1.165, 1.54) is 6.20 Å². The molecule has 0 saturated heterocycles. The fourth-order valence-electron chi connectivity index (χ4n) is 1.37. The highest BCUT2D eigenvalue weighted by atomic mass is 32.2. The van der Waals surface area contributed by atoms with Crippen molar-refractivity contribution < 1.29 is 13.5 Å². The molecule has 0 unspecified atom stereocenters. The van der Waals surface area contributed by atoms with Gasteiger partial charge in [0.1, 0.15) is 0 Å². The molecule has 96 valence electrons. The quantitative estimate of drug-likeness (QED) is 0.888. The van der Waals surface area contributed by atoms with Crippen molar-refractivity contribution in [1.82, 2.24) is 4.98 Å². The monoisotopic (exact) mass is 257 g/mol. The topological polar surface area (TPSA) is 67.3 Å². The van der Waals surface area contributed by atoms with Crippen molar-refractivity contribution in [2.45, 2.75) is 37.5 Å². The Labute approximate surface area is 103 Å². The molecule has 0 aliphatic carbocycles. The van der Waals surface area contributed by atoms with Gasteiger partial charge in [-0.2, -0.15) is 0 Å². The Bertz CT molecular complexity index is 475. The molecule has 17 heavy (non-hydrogen) atoms. The van der Waals surface area contributed by atoms with Gasteiger partial charge in [-0.25, -0.2) is 8.42 Å². The molecule has 4 nitrogen and oxygen atoms in total. The summed E-state index contributed by atoms with van der Waals surface area (Å²) in [6.45, 7) is 5.90. The van der Waals surface area contributed by atoms with Crippen LogP contribution < -0.4 is 0 Å². The van der Waals surface area contributed by atoms with Gasteiger partial charge in [-0.1, -0.05) is 20.8 Å². The Balaban J connectivity index is 3.08. The summed E-state index contributed by atoms with van der Waals surface area (Å²) >= 11 is 0. The molecule has 1 heterocycles. The number of pyridine rings is 1. The van der Waals surface area contributed by atoms with Gasteiger partial charge in [0.05, 0.1) is 10.6 Å². The lowest BCUT2D eigenvalue weighted by Crippen LogP contribution is -2.14. The van der Waals surface area contributed by atoms with Gasteiger partial charge in [0.15, 0.2) is 9.84 Å². The van der Waals surface area contributed by atoms with Crippen LogP contribution in [0.4, 0.5) is 0 Å². The zero-order valence-corrected chi connectivity index (χ0v) is 11.3. The molecule has 1 N–H and O–H groups in total. The van der Waals surface area contributed by atoms with Gasteiger partial charge >= 0.3 is 0 Å². The van der Waals surface area contributed by atoms with Gasteiger partial charge in [0, 0.05) is 19.0 Å². The lowest BCUT2D eigenvalue weighted by atomic mass is 9.88. The highest BCUT2D eigenvalue weighted by molar-refractivity contribution is 7.91. The van der Waals surface area contributed by atoms with E-state index < -0.39 is 9.84 Å². The second kappa shape index (κ2) is 5.14. The van der Waals surface area contributed by atoms with E-state index >= 15 is 0 Å². The summed E-state index contributed by atoms with van der Waals surface area (Å²) in [5.74, 6) is -0.0429. The summed E-state index contributed by atoms with van der Waals surface area (Å²) in [7, 11) is -3.33. The van der Waals surface area contributed by atoms with Crippen LogP contribution >= 0.6 is 0 Å². The smallest absolute Gasteiger partial charge is 0.179 e. The third-order valence-corrected chi connectivity index (χ3v) is 4.28. The number of nitrogens with zero attached hydrogens (tertiary/aromatic N) is 1. The zero-order valence-electron chi connectivity index (χ0n) is 10.5. The van der Waals surface area contributed by atoms with Crippen molar-refractivity contribution in [2.24, 2.45) is 0 Å². The lowest BCUT2D eigenvalue weighted by molar-refractivity contribution is 0.295. The summed E-state index contributed by atoms with van der Waals surface area (Å²) in [4.78, 5) is 4.22. The van der Waals surface area contributed by atoms with E-state index in [9.17, 15) is 8.42 Å². The maximum atomic E-state index is 11.9. The maximum absolute atomic E-state index is 11.9. The summed E-state index contributed by atoms with van der Waals surface area (Å²) in [6.07, 6.45) is 3.30. The van der Waals surface area contributed by atoms with Crippen LogP contribution in [-0.2, 0) is 15.3 Å². The molecule has 0 amide bonds. The van der Waals surface area contributed by atoms with E-state index in [2.05, 4.69) is 4.98 Å². The van der Waals surface area contributed by atoms with Gasteiger partial charge in [-0.3, -0.25) is 4.98 Å². The van der Waals surface area contributed by atoms with E-state index in [1.54, 1.807) is 12.3 Å². The number of sulfone groups is 1. The fourth-order valence-corrected chi connectivity index (χ4v) is 2.64. The summed E-state index contributed by atoms with van der Waals surface area (Å²) in [6, 6.07) is 1.67. The van der Waals surface area contributed by atoms with Gasteiger partial charge < -0.3 is 5.11 Å². The standard InChI is InChI=1S/C12H19NO3S/c1-12(2,3)10-7-11(9-13-8-10)17(15,16)6-4-5-14/h7-9,14H,4-6H2,1-3H3. The largest absolute Gasteiger partial charge is 0.396 e. The molecule has 5 heteroatoms. The molecular formula is C12H19NO3S. The van der Waals surface area contributed by atoms with Crippen LogP contribution in [0.3, 0.4) is 0 Å². The van der Waals surface area contributed by atoms with E-state index in [4.69, 9.17) is 5.11 Å². The van der Waals surface area contributed by atoms with Gasteiger partial charge in [0.25, 0.3) is 0 Å².